The minimum Gasteiger partial charge on any atom is -0.325 e. The molecule has 0 atom stereocenters. The fourth-order valence-electron chi connectivity index (χ4n) is 4.14. The van der Waals surface area contributed by atoms with Crippen LogP contribution in [0.15, 0.2) is 40.2 Å². The van der Waals surface area contributed by atoms with Crippen molar-refractivity contribution in [3.63, 3.8) is 0 Å². The summed E-state index contributed by atoms with van der Waals surface area (Å²) in [6.45, 7) is 2.30. The molecule has 0 spiro atoms. The number of nitrogens with one attached hydrogen (secondary N) is 2. The maximum atomic E-state index is 12.5. The van der Waals surface area contributed by atoms with Crippen molar-refractivity contribution in [1.82, 2.24) is 24.0 Å². The third kappa shape index (κ3) is 4.77. The Morgan fingerprint density at radius 1 is 1.16 bits per heavy atom. The van der Waals surface area contributed by atoms with Crippen LogP contribution in [0, 0.1) is 5.92 Å². The van der Waals surface area contributed by atoms with Gasteiger partial charge in [0.1, 0.15) is 6.54 Å². The van der Waals surface area contributed by atoms with Crippen molar-refractivity contribution in [2.24, 2.45) is 13.0 Å². The second kappa shape index (κ2) is 8.89. The number of fused-ring (bicyclic) bond motifs is 1. The lowest BCUT2D eigenvalue weighted by Crippen LogP contribution is -2.30. The summed E-state index contributed by atoms with van der Waals surface area (Å²) in [6.07, 6.45) is 6.18. The number of benzene rings is 1. The molecular formula is C22H28N6O3. The van der Waals surface area contributed by atoms with Crippen LogP contribution >= 0.6 is 0 Å². The molecule has 2 N–H and O–H groups in total. The molecule has 1 amide bonds. The van der Waals surface area contributed by atoms with E-state index in [1.807, 2.05) is 12.1 Å². The Hall–Kier alpha value is -3.20. The molecule has 0 saturated carbocycles. The molecule has 1 aromatic carbocycles. The summed E-state index contributed by atoms with van der Waals surface area (Å²) in [6, 6.07) is 7.92. The molecule has 0 radical (unpaired) electrons. The van der Waals surface area contributed by atoms with Gasteiger partial charge in [0.2, 0.25) is 5.91 Å². The smallest absolute Gasteiger partial charge is 0.325 e. The summed E-state index contributed by atoms with van der Waals surface area (Å²) in [5, 5.41) is 2.85. The first-order chi connectivity index (χ1) is 14.9. The van der Waals surface area contributed by atoms with E-state index < -0.39 is 11.2 Å². The molecule has 9 heteroatoms. The number of hydrogen-bond acceptors (Lipinski definition) is 5. The van der Waals surface area contributed by atoms with Crippen molar-refractivity contribution in [2.45, 2.75) is 32.2 Å². The van der Waals surface area contributed by atoms with Gasteiger partial charge in [-0.1, -0.05) is 12.1 Å². The highest BCUT2D eigenvalue weighted by molar-refractivity contribution is 5.91. The van der Waals surface area contributed by atoms with Crippen molar-refractivity contribution < 1.29 is 4.79 Å². The van der Waals surface area contributed by atoms with Crippen molar-refractivity contribution in [3.05, 3.63) is 57.0 Å². The lowest BCUT2D eigenvalue weighted by atomic mass is 9.91. The van der Waals surface area contributed by atoms with Gasteiger partial charge in [-0.15, -0.1) is 0 Å². The number of H-pyrrole nitrogens is 1. The van der Waals surface area contributed by atoms with Gasteiger partial charge in [-0.25, -0.2) is 9.78 Å². The van der Waals surface area contributed by atoms with Gasteiger partial charge >= 0.3 is 5.69 Å². The van der Waals surface area contributed by atoms with Gasteiger partial charge in [0.05, 0.1) is 6.33 Å². The van der Waals surface area contributed by atoms with E-state index in [-0.39, 0.29) is 23.6 Å². The molecule has 0 bridgehead atoms. The number of aromatic nitrogens is 4. The van der Waals surface area contributed by atoms with Gasteiger partial charge in [0, 0.05) is 12.7 Å². The lowest BCUT2D eigenvalue weighted by Gasteiger charge is -2.28. The van der Waals surface area contributed by atoms with Crippen LogP contribution in [0.4, 0.5) is 5.69 Å². The number of rotatable bonds is 6. The Balaban J connectivity index is 1.35. The Kier molecular flexibility index (Phi) is 6.03. The van der Waals surface area contributed by atoms with E-state index in [1.54, 1.807) is 0 Å². The highest BCUT2D eigenvalue weighted by Crippen LogP contribution is 2.22. The molecule has 0 aliphatic carbocycles. The van der Waals surface area contributed by atoms with Crippen molar-refractivity contribution in [2.75, 3.05) is 25.5 Å². The molecule has 0 unspecified atom stereocenters. The van der Waals surface area contributed by atoms with E-state index in [4.69, 9.17) is 0 Å². The first-order valence-corrected chi connectivity index (χ1v) is 10.6. The Bertz CT molecular complexity index is 1180. The third-order valence-electron chi connectivity index (χ3n) is 6.11. The van der Waals surface area contributed by atoms with Crippen molar-refractivity contribution >= 4 is 22.8 Å². The standard InChI is InChI=1S/C22H28N6O3/c1-26-11-9-16(10-12-26)4-3-15-5-7-17(8-6-15)24-18(29)13-28-14-23-20-19(28)21(30)25-22(31)27(20)2/h5-8,14,16H,3-4,9-13H2,1-2H3,(H,24,29)(H,25,30,31). The molecular weight excluding hydrogens is 396 g/mol. The maximum absolute atomic E-state index is 12.5. The van der Waals surface area contributed by atoms with E-state index in [1.165, 1.54) is 60.4 Å². The number of anilines is 1. The Morgan fingerprint density at radius 3 is 2.58 bits per heavy atom. The minimum atomic E-state index is -0.558. The predicted molar refractivity (Wildman–Crippen MR) is 119 cm³/mol. The zero-order valence-electron chi connectivity index (χ0n) is 17.9. The largest absolute Gasteiger partial charge is 0.329 e. The van der Waals surface area contributed by atoms with Gasteiger partial charge in [-0.3, -0.25) is 19.1 Å². The zero-order chi connectivity index (χ0) is 22.0. The number of imidazole rings is 1. The van der Waals surface area contributed by atoms with Gasteiger partial charge in [-0.05, 0) is 69.4 Å². The number of aromatic amines is 1. The molecule has 1 fully saturated rings. The summed E-state index contributed by atoms with van der Waals surface area (Å²) in [7, 11) is 3.70. The molecule has 4 rings (SSSR count). The topological polar surface area (TPSA) is 105 Å². The van der Waals surface area contributed by atoms with Crippen LogP contribution in [-0.2, 0) is 24.8 Å². The van der Waals surface area contributed by atoms with E-state index >= 15 is 0 Å². The monoisotopic (exact) mass is 424 g/mol. The predicted octanol–water partition coefficient (Wildman–Crippen LogP) is 1.34. The van der Waals surface area contributed by atoms with Crippen LogP contribution in [0.25, 0.3) is 11.2 Å². The average Bonchev–Trinajstić information content (AvgIpc) is 3.17. The van der Waals surface area contributed by atoms with E-state index in [0.717, 1.165) is 12.3 Å². The summed E-state index contributed by atoms with van der Waals surface area (Å²) in [4.78, 5) is 45.0. The molecule has 1 saturated heterocycles. The highest BCUT2D eigenvalue weighted by Gasteiger charge is 2.16. The molecule has 9 nitrogen and oxygen atoms in total. The molecule has 1 aliphatic heterocycles. The number of carbonyl (C=O) groups is 1. The van der Waals surface area contributed by atoms with Gasteiger partial charge in [0.25, 0.3) is 5.56 Å². The lowest BCUT2D eigenvalue weighted by molar-refractivity contribution is -0.116. The number of aryl methyl sites for hydroxylation is 2. The maximum Gasteiger partial charge on any atom is 0.329 e. The SMILES string of the molecule is CN1CCC(CCc2ccc(NC(=O)Cn3cnc4c3c(=O)[nH]c(=O)n4C)cc2)CC1. The fourth-order valence-corrected chi connectivity index (χ4v) is 4.14. The van der Waals surface area contributed by atoms with Crippen molar-refractivity contribution in [1.29, 1.82) is 0 Å². The quantitative estimate of drug-likeness (QED) is 0.621. The van der Waals surface area contributed by atoms with E-state index in [9.17, 15) is 14.4 Å². The number of carbonyl (C=O) groups excluding carboxylic acids is 1. The number of nitrogens with zero attached hydrogens (tertiary/aromatic N) is 4. The summed E-state index contributed by atoms with van der Waals surface area (Å²) in [5.74, 6) is 0.523. The Morgan fingerprint density at radius 2 is 1.87 bits per heavy atom. The highest BCUT2D eigenvalue weighted by atomic mass is 16.2. The summed E-state index contributed by atoms with van der Waals surface area (Å²) >= 11 is 0. The zero-order valence-corrected chi connectivity index (χ0v) is 17.9. The normalized spacial score (nSPS) is 15.4. The van der Waals surface area contributed by atoms with Crippen LogP contribution in [0.2, 0.25) is 0 Å². The van der Waals surface area contributed by atoms with Gasteiger partial charge in [0.15, 0.2) is 11.2 Å². The average molecular weight is 425 g/mol. The Labute approximate surface area is 179 Å². The van der Waals surface area contributed by atoms with Gasteiger partial charge in [-0.2, -0.15) is 0 Å². The fraction of sp³-hybridized carbons (Fsp3) is 0.455. The number of amides is 1. The van der Waals surface area contributed by atoms with Crippen LogP contribution in [0.3, 0.4) is 0 Å². The molecule has 164 valence electrons. The summed E-state index contributed by atoms with van der Waals surface area (Å²) in [5.41, 5.74) is 1.32. The first-order valence-electron chi connectivity index (χ1n) is 10.6. The number of likely N-dealkylation sites (tertiary alicyclic amines) is 1. The van der Waals surface area contributed by atoms with Crippen LogP contribution < -0.4 is 16.6 Å². The molecule has 31 heavy (non-hydrogen) atoms. The van der Waals surface area contributed by atoms with Gasteiger partial charge < -0.3 is 14.8 Å². The second-order valence-corrected chi connectivity index (χ2v) is 8.39. The van der Waals surface area contributed by atoms with Crippen LogP contribution in [0.1, 0.15) is 24.8 Å². The van der Waals surface area contributed by atoms with E-state index in [2.05, 4.69) is 39.4 Å². The third-order valence-corrected chi connectivity index (χ3v) is 6.11. The molecule has 1 aliphatic rings. The van der Waals surface area contributed by atoms with Crippen molar-refractivity contribution in [3.8, 4) is 0 Å². The molecule has 3 heterocycles. The second-order valence-electron chi connectivity index (χ2n) is 8.39. The van der Waals surface area contributed by atoms with Crippen LogP contribution in [-0.4, -0.2) is 50.0 Å². The minimum absolute atomic E-state index is 0.0737. The number of piperidine rings is 1. The molecule has 3 aromatic rings. The van der Waals surface area contributed by atoms with E-state index in [0.29, 0.717) is 5.69 Å². The van der Waals surface area contributed by atoms with Crippen LogP contribution in [0.5, 0.6) is 0 Å². The number of hydrogen-bond donors (Lipinski definition) is 2. The first kappa shape index (κ1) is 21.0. The molecule has 2 aromatic heterocycles. The summed E-state index contributed by atoms with van der Waals surface area (Å²) < 4.78 is 2.69.